The molecule has 516 valence electrons. The van der Waals surface area contributed by atoms with Crippen LogP contribution < -0.4 is 0 Å². The van der Waals surface area contributed by atoms with Crippen molar-refractivity contribution in [2.24, 2.45) is 11.8 Å². The van der Waals surface area contributed by atoms with E-state index >= 15 is 0 Å². The Kier molecular flexibility index (Phi) is 59.0. The molecule has 5 atom stereocenters. The number of aliphatic hydroxyl groups is 1. The maximum absolute atomic E-state index is 13.0. The molecule has 0 radical (unpaired) electrons. The maximum Gasteiger partial charge on any atom is 0.472 e. The number of carbonyl (C=O) groups is 4. The van der Waals surface area contributed by atoms with E-state index in [1.54, 1.807) is 0 Å². The average molecular weight is 1280 g/mol. The van der Waals surface area contributed by atoms with E-state index in [0.29, 0.717) is 37.5 Å². The molecule has 0 aromatic rings. The summed E-state index contributed by atoms with van der Waals surface area (Å²) in [5, 5.41) is 10.5. The predicted octanol–water partition coefficient (Wildman–Crippen LogP) is 19.2. The SMILES string of the molecule is CCCCCCCCCCCCCCCCCCCCCCCC(=O)O[C@H](COC(=O)CCCCCCCCC(C)C)COP(=O)(O)OC[C@@H](O)COP(=O)(O)OC[C@@H](COC(=O)CCCCCCCCCC)OC(=O)CCCCCCCCC(C)C. The van der Waals surface area contributed by atoms with Gasteiger partial charge in [0.05, 0.1) is 26.4 Å². The standard InChI is InChI=1S/C68H132O17P2/c1-7-9-11-13-15-17-18-19-20-21-22-23-24-25-26-27-28-29-31-40-46-52-67(72)84-63(57-79-66(71)51-45-39-34-32-36-42-48-60(3)4)58-82-86(74,75)80-54-62(69)55-81-87(76,77)83-59-64(56-78-65(70)50-44-38-30-16-14-12-10-8-2)85-68(73)53-47-41-35-33-37-43-49-61(5)6/h60-64,69H,7-59H2,1-6H3,(H,74,75)(H,76,77)/t62-,63-,64-/m1/s1. The largest absolute Gasteiger partial charge is 0.472 e. The topological polar surface area (TPSA) is 237 Å². The molecule has 0 heterocycles. The van der Waals surface area contributed by atoms with Gasteiger partial charge in [-0.3, -0.25) is 37.3 Å². The Morgan fingerprint density at radius 3 is 0.782 bits per heavy atom. The number of phosphoric acid groups is 2. The van der Waals surface area contributed by atoms with Crippen LogP contribution in [-0.4, -0.2) is 96.7 Å². The zero-order valence-corrected chi connectivity index (χ0v) is 58.1. The first kappa shape index (κ1) is 85.1. The molecule has 0 aromatic heterocycles. The summed E-state index contributed by atoms with van der Waals surface area (Å²) in [7, 11) is -9.89. The first-order chi connectivity index (χ1) is 41.9. The lowest BCUT2D eigenvalue weighted by Gasteiger charge is -2.21. The molecule has 0 aliphatic rings. The van der Waals surface area contributed by atoms with Crippen molar-refractivity contribution < 1.29 is 80.2 Å². The Hall–Kier alpha value is -1.94. The Bertz CT molecular complexity index is 1700. The van der Waals surface area contributed by atoms with Crippen LogP contribution in [0.2, 0.25) is 0 Å². The highest BCUT2D eigenvalue weighted by Crippen LogP contribution is 2.45. The molecule has 3 N–H and O–H groups in total. The van der Waals surface area contributed by atoms with Gasteiger partial charge in [-0.25, -0.2) is 9.13 Å². The van der Waals surface area contributed by atoms with Crippen LogP contribution in [0.15, 0.2) is 0 Å². The smallest absolute Gasteiger partial charge is 0.462 e. The molecule has 17 nitrogen and oxygen atoms in total. The van der Waals surface area contributed by atoms with Gasteiger partial charge < -0.3 is 33.8 Å². The third-order valence-corrected chi connectivity index (χ3v) is 17.6. The van der Waals surface area contributed by atoms with Crippen molar-refractivity contribution in [3.63, 3.8) is 0 Å². The fraction of sp³-hybridized carbons (Fsp3) is 0.941. The highest BCUT2D eigenvalue weighted by molar-refractivity contribution is 7.47. The van der Waals surface area contributed by atoms with E-state index in [2.05, 4.69) is 41.5 Å². The molecule has 0 saturated carbocycles. The van der Waals surface area contributed by atoms with Gasteiger partial charge in [0.1, 0.15) is 19.3 Å². The van der Waals surface area contributed by atoms with Crippen LogP contribution in [0.5, 0.6) is 0 Å². The van der Waals surface area contributed by atoms with Gasteiger partial charge in [-0.2, -0.15) is 0 Å². The number of aliphatic hydroxyl groups excluding tert-OH is 1. The number of ether oxygens (including phenoxy) is 4. The Morgan fingerprint density at radius 1 is 0.310 bits per heavy atom. The van der Waals surface area contributed by atoms with Crippen molar-refractivity contribution in [1.82, 2.24) is 0 Å². The normalized spacial score (nSPS) is 14.2. The van der Waals surface area contributed by atoms with Crippen molar-refractivity contribution in [3.05, 3.63) is 0 Å². The molecule has 19 heteroatoms. The zero-order chi connectivity index (χ0) is 64.3. The molecule has 0 aliphatic carbocycles. The second-order valence-electron chi connectivity index (χ2n) is 25.5. The van der Waals surface area contributed by atoms with E-state index in [9.17, 15) is 43.2 Å². The lowest BCUT2D eigenvalue weighted by atomic mass is 10.0. The van der Waals surface area contributed by atoms with Gasteiger partial charge in [0.15, 0.2) is 12.2 Å². The molecular weight excluding hydrogens is 1150 g/mol. The highest BCUT2D eigenvalue weighted by atomic mass is 31.2. The molecule has 0 aliphatic heterocycles. The molecule has 87 heavy (non-hydrogen) atoms. The number of esters is 4. The Labute approximate surface area is 530 Å². The quantitative estimate of drug-likeness (QED) is 0.0222. The number of rotatable bonds is 67. The summed E-state index contributed by atoms with van der Waals surface area (Å²) in [4.78, 5) is 72.2. The summed E-state index contributed by atoms with van der Waals surface area (Å²) >= 11 is 0. The van der Waals surface area contributed by atoms with Crippen LogP contribution >= 0.6 is 15.6 Å². The van der Waals surface area contributed by atoms with Crippen LogP contribution in [0.4, 0.5) is 0 Å². The average Bonchev–Trinajstić information content (AvgIpc) is 3.69. The second-order valence-corrected chi connectivity index (χ2v) is 28.4. The van der Waals surface area contributed by atoms with Gasteiger partial charge in [0, 0.05) is 25.7 Å². The highest BCUT2D eigenvalue weighted by Gasteiger charge is 2.30. The van der Waals surface area contributed by atoms with Crippen LogP contribution in [0.3, 0.4) is 0 Å². The number of hydrogen-bond donors (Lipinski definition) is 3. The number of phosphoric ester groups is 2. The van der Waals surface area contributed by atoms with E-state index in [4.69, 9.17) is 37.0 Å². The lowest BCUT2D eigenvalue weighted by Crippen LogP contribution is -2.30. The molecule has 0 rings (SSSR count). The Balaban J connectivity index is 5.10. The molecule has 2 unspecified atom stereocenters. The second kappa shape index (κ2) is 60.3. The van der Waals surface area contributed by atoms with E-state index in [1.807, 2.05) is 0 Å². The van der Waals surface area contributed by atoms with Crippen LogP contribution in [-0.2, 0) is 65.4 Å². The van der Waals surface area contributed by atoms with Crippen molar-refractivity contribution in [1.29, 1.82) is 0 Å². The molecule has 0 amide bonds. The molecule has 0 aromatic carbocycles. The van der Waals surface area contributed by atoms with Gasteiger partial charge in [0.2, 0.25) is 0 Å². The summed E-state index contributed by atoms with van der Waals surface area (Å²) in [6.07, 6.45) is 45.1. The van der Waals surface area contributed by atoms with Crippen molar-refractivity contribution >= 4 is 39.5 Å². The van der Waals surface area contributed by atoms with Gasteiger partial charge >= 0.3 is 39.5 Å². The summed E-state index contributed by atoms with van der Waals surface area (Å²) in [5.41, 5.74) is 0. The van der Waals surface area contributed by atoms with Crippen LogP contribution in [0.25, 0.3) is 0 Å². The summed E-state index contributed by atoms with van der Waals surface area (Å²) in [5.74, 6) is -0.790. The first-order valence-electron chi connectivity index (χ1n) is 35.5. The minimum Gasteiger partial charge on any atom is -0.462 e. The van der Waals surface area contributed by atoms with E-state index in [-0.39, 0.29) is 25.7 Å². The van der Waals surface area contributed by atoms with E-state index < -0.39 is 97.5 Å². The number of unbranched alkanes of at least 4 members (excludes halogenated alkanes) is 37. The molecular formula is C68H132O17P2. The Morgan fingerprint density at radius 2 is 0.529 bits per heavy atom. The minimum absolute atomic E-state index is 0.102. The van der Waals surface area contributed by atoms with Crippen molar-refractivity contribution in [2.75, 3.05) is 39.6 Å². The summed E-state index contributed by atoms with van der Waals surface area (Å²) in [6.45, 7) is 9.32. The molecule has 0 saturated heterocycles. The van der Waals surface area contributed by atoms with Crippen molar-refractivity contribution in [2.45, 2.75) is 362 Å². The monoisotopic (exact) mass is 1280 g/mol. The maximum atomic E-state index is 13.0. The van der Waals surface area contributed by atoms with E-state index in [0.717, 1.165) is 103 Å². The van der Waals surface area contributed by atoms with Gasteiger partial charge in [-0.15, -0.1) is 0 Å². The van der Waals surface area contributed by atoms with Gasteiger partial charge in [0.25, 0.3) is 0 Å². The molecule has 0 fully saturated rings. The summed E-state index contributed by atoms with van der Waals surface area (Å²) < 4.78 is 68.0. The van der Waals surface area contributed by atoms with Gasteiger partial charge in [-0.05, 0) is 37.5 Å². The molecule has 0 spiro atoms. The predicted molar refractivity (Wildman–Crippen MR) is 349 cm³/mol. The van der Waals surface area contributed by atoms with Crippen molar-refractivity contribution in [3.8, 4) is 0 Å². The first-order valence-corrected chi connectivity index (χ1v) is 38.5. The van der Waals surface area contributed by atoms with E-state index in [1.165, 1.54) is 148 Å². The number of carbonyl (C=O) groups excluding carboxylic acids is 4. The zero-order valence-electron chi connectivity index (χ0n) is 56.3. The summed E-state index contributed by atoms with van der Waals surface area (Å²) in [6, 6.07) is 0. The van der Waals surface area contributed by atoms with Crippen LogP contribution in [0, 0.1) is 11.8 Å². The lowest BCUT2D eigenvalue weighted by molar-refractivity contribution is -0.161. The minimum atomic E-state index is -4.95. The number of hydrogen-bond acceptors (Lipinski definition) is 15. The van der Waals surface area contributed by atoms with Crippen LogP contribution in [0.1, 0.15) is 343 Å². The fourth-order valence-electron chi connectivity index (χ4n) is 10.2. The third-order valence-electron chi connectivity index (χ3n) is 15.7. The van der Waals surface area contributed by atoms with Gasteiger partial charge in [-0.1, -0.05) is 292 Å². The third kappa shape index (κ3) is 62.6. The fourth-order valence-corrected chi connectivity index (χ4v) is 11.8. The molecule has 0 bridgehead atoms.